The number of nitrogens with one attached hydrogen (secondary N) is 2. The Hall–Kier alpha value is -1.89. The maximum Gasteiger partial charge on any atom is 0.490 e. The first kappa shape index (κ1) is 19.2. The minimum Gasteiger partial charge on any atom is -0.475 e. The van der Waals surface area contributed by atoms with Gasteiger partial charge in [0.2, 0.25) is 0 Å². The fraction of sp³-hybridized carbons (Fsp3) is 0.500. The molecule has 6 nitrogen and oxygen atoms in total. The van der Waals surface area contributed by atoms with Crippen molar-refractivity contribution in [2.24, 2.45) is 0 Å². The fourth-order valence-electron chi connectivity index (χ4n) is 1.35. The molecule has 0 spiro atoms. The SMILES string of the molecule is O=C(Nc1nc2c(s1)CCNC2)C(F)(F)F.O=C(O)C(F)(F)F. The standard InChI is InChI=1S/C8H8F3N3OS.C2HF3O2/c9-8(10,11)6(15)14-7-13-4-3-12-2-1-5(4)16-7;3-2(4,5)1(6)7/h12H,1-3H2,(H,13,14,15);(H,6,7). The van der Waals surface area contributed by atoms with Crippen molar-refractivity contribution in [1.82, 2.24) is 10.3 Å². The number of fused-ring (bicyclic) bond motifs is 1. The number of carbonyl (C=O) groups is 2. The fourth-order valence-corrected chi connectivity index (χ4v) is 2.32. The minimum absolute atomic E-state index is 0.0102. The average molecular weight is 365 g/mol. The Labute approximate surface area is 128 Å². The Kier molecular flexibility index (Phi) is 5.93. The number of aliphatic carboxylic acids is 1. The first-order valence-electron chi connectivity index (χ1n) is 5.79. The maximum absolute atomic E-state index is 12.0. The molecule has 0 radical (unpaired) electrons. The molecular weight excluding hydrogens is 356 g/mol. The first-order valence-corrected chi connectivity index (χ1v) is 6.60. The van der Waals surface area contributed by atoms with Gasteiger partial charge < -0.3 is 10.4 Å². The van der Waals surface area contributed by atoms with Crippen LogP contribution in [-0.4, -0.2) is 40.9 Å². The number of carboxylic acids is 1. The van der Waals surface area contributed by atoms with E-state index in [0.29, 0.717) is 12.2 Å². The van der Waals surface area contributed by atoms with E-state index in [9.17, 15) is 31.1 Å². The molecule has 1 aromatic heterocycles. The third-order valence-corrected chi connectivity index (χ3v) is 3.39. The van der Waals surface area contributed by atoms with Gasteiger partial charge in [-0.05, 0) is 6.42 Å². The number of anilines is 1. The van der Waals surface area contributed by atoms with E-state index >= 15 is 0 Å². The van der Waals surface area contributed by atoms with Gasteiger partial charge >= 0.3 is 24.2 Å². The summed E-state index contributed by atoms with van der Waals surface area (Å²) in [6.07, 6.45) is -9.22. The molecule has 0 aromatic carbocycles. The van der Waals surface area contributed by atoms with E-state index in [4.69, 9.17) is 9.90 Å². The number of nitrogens with zero attached hydrogens (tertiary/aromatic N) is 1. The summed E-state index contributed by atoms with van der Waals surface area (Å²) in [7, 11) is 0. The summed E-state index contributed by atoms with van der Waals surface area (Å²) >= 11 is 1.10. The van der Waals surface area contributed by atoms with Crippen LogP contribution in [0.15, 0.2) is 0 Å². The Balaban J connectivity index is 0.000000322. The second kappa shape index (κ2) is 7.12. The van der Waals surface area contributed by atoms with E-state index in [1.165, 1.54) is 0 Å². The Morgan fingerprint density at radius 1 is 1.17 bits per heavy atom. The van der Waals surface area contributed by atoms with Gasteiger partial charge in [-0.2, -0.15) is 26.3 Å². The molecule has 3 N–H and O–H groups in total. The van der Waals surface area contributed by atoms with Gasteiger partial charge in [0.15, 0.2) is 5.13 Å². The van der Waals surface area contributed by atoms with Crippen molar-refractivity contribution < 1.29 is 41.0 Å². The molecule has 130 valence electrons. The van der Waals surface area contributed by atoms with Gasteiger partial charge in [0.1, 0.15) is 0 Å². The number of amides is 1. The van der Waals surface area contributed by atoms with Crippen molar-refractivity contribution in [1.29, 1.82) is 0 Å². The molecule has 2 heterocycles. The van der Waals surface area contributed by atoms with Crippen molar-refractivity contribution in [3.8, 4) is 0 Å². The lowest BCUT2D eigenvalue weighted by Crippen LogP contribution is -2.29. The van der Waals surface area contributed by atoms with Crippen LogP contribution in [0, 0.1) is 0 Å². The van der Waals surface area contributed by atoms with E-state index in [0.717, 1.165) is 29.2 Å². The average Bonchev–Trinajstić information content (AvgIpc) is 2.79. The zero-order valence-electron chi connectivity index (χ0n) is 11.0. The number of rotatable bonds is 1. The van der Waals surface area contributed by atoms with Gasteiger partial charge in [-0.3, -0.25) is 10.1 Å². The topological polar surface area (TPSA) is 91.3 Å². The van der Waals surface area contributed by atoms with Crippen molar-refractivity contribution in [2.45, 2.75) is 25.3 Å². The number of carboxylic acid groups (broad SMARTS) is 1. The third kappa shape index (κ3) is 6.02. The van der Waals surface area contributed by atoms with Crippen LogP contribution in [0.2, 0.25) is 0 Å². The van der Waals surface area contributed by atoms with Crippen LogP contribution in [0.5, 0.6) is 0 Å². The van der Waals surface area contributed by atoms with E-state index in [1.807, 2.05) is 0 Å². The molecule has 0 unspecified atom stereocenters. The second-order valence-corrected chi connectivity index (χ2v) is 5.15. The normalized spacial score (nSPS) is 14.3. The highest BCUT2D eigenvalue weighted by atomic mass is 32.1. The van der Waals surface area contributed by atoms with Crippen molar-refractivity contribution in [2.75, 3.05) is 11.9 Å². The molecule has 1 aliphatic rings. The van der Waals surface area contributed by atoms with Gasteiger partial charge in [-0.1, -0.05) is 0 Å². The molecule has 0 saturated carbocycles. The Bertz CT molecular complexity index is 560. The van der Waals surface area contributed by atoms with Gasteiger partial charge in [0.25, 0.3) is 0 Å². The molecule has 2 rings (SSSR count). The van der Waals surface area contributed by atoms with E-state index < -0.39 is 24.2 Å². The van der Waals surface area contributed by atoms with Gasteiger partial charge in [0.05, 0.1) is 5.69 Å². The summed E-state index contributed by atoms with van der Waals surface area (Å²) in [5, 5.41) is 11.9. The van der Waals surface area contributed by atoms with Crippen LogP contribution in [0.1, 0.15) is 10.6 Å². The summed E-state index contributed by atoms with van der Waals surface area (Å²) in [5.41, 5.74) is 0.716. The molecule has 13 heteroatoms. The number of thiazole rings is 1. The summed E-state index contributed by atoms with van der Waals surface area (Å²) in [5.74, 6) is -4.74. The van der Waals surface area contributed by atoms with Crippen LogP contribution >= 0.6 is 11.3 Å². The predicted octanol–water partition coefficient (Wildman–Crippen LogP) is 1.92. The van der Waals surface area contributed by atoms with E-state index in [1.54, 1.807) is 5.32 Å². The molecule has 1 aliphatic heterocycles. The van der Waals surface area contributed by atoms with Crippen LogP contribution < -0.4 is 10.6 Å². The molecular formula is C10H9F6N3O3S. The smallest absolute Gasteiger partial charge is 0.475 e. The maximum atomic E-state index is 12.0. The number of halogens is 6. The highest BCUT2D eigenvalue weighted by Gasteiger charge is 2.39. The van der Waals surface area contributed by atoms with E-state index in [-0.39, 0.29) is 5.13 Å². The van der Waals surface area contributed by atoms with Gasteiger partial charge in [-0.15, -0.1) is 11.3 Å². The number of aromatic nitrogens is 1. The number of alkyl halides is 6. The second-order valence-electron chi connectivity index (χ2n) is 4.07. The van der Waals surface area contributed by atoms with Crippen molar-refractivity contribution in [3.63, 3.8) is 0 Å². The molecule has 0 bridgehead atoms. The monoisotopic (exact) mass is 365 g/mol. The number of hydrogen-bond acceptors (Lipinski definition) is 5. The van der Waals surface area contributed by atoms with Gasteiger partial charge in [0, 0.05) is 18.0 Å². The Morgan fingerprint density at radius 2 is 1.74 bits per heavy atom. The molecule has 1 amide bonds. The highest BCUT2D eigenvalue weighted by molar-refractivity contribution is 7.15. The number of hydrogen-bond donors (Lipinski definition) is 3. The van der Waals surface area contributed by atoms with Crippen molar-refractivity contribution >= 4 is 28.3 Å². The third-order valence-electron chi connectivity index (χ3n) is 2.32. The molecule has 1 aromatic rings. The van der Waals surface area contributed by atoms with Crippen LogP contribution in [-0.2, 0) is 22.6 Å². The summed E-state index contributed by atoms with van der Waals surface area (Å²) < 4.78 is 67.6. The van der Waals surface area contributed by atoms with Crippen LogP contribution in [0.25, 0.3) is 0 Å². The molecule has 0 saturated heterocycles. The lowest BCUT2D eigenvalue weighted by molar-refractivity contribution is -0.192. The Morgan fingerprint density at radius 3 is 2.17 bits per heavy atom. The predicted molar refractivity (Wildman–Crippen MR) is 65.9 cm³/mol. The zero-order valence-corrected chi connectivity index (χ0v) is 11.8. The zero-order chi connectivity index (χ0) is 17.8. The van der Waals surface area contributed by atoms with Gasteiger partial charge in [-0.25, -0.2) is 9.78 Å². The quantitative estimate of drug-likeness (QED) is 0.662. The van der Waals surface area contributed by atoms with Crippen LogP contribution in [0.3, 0.4) is 0 Å². The minimum atomic E-state index is -5.08. The summed E-state index contributed by atoms with van der Waals surface area (Å²) in [6, 6.07) is 0. The molecule has 23 heavy (non-hydrogen) atoms. The lowest BCUT2D eigenvalue weighted by Gasteiger charge is -2.09. The summed E-state index contributed by atoms with van der Waals surface area (Å²) in [6.45, 7) is 1.32. The van der Waals surface area contributed by atoms with E-state index in [2.05, 4.69) is 10.3 Å². The molecule has 0 aliphatic carbocycles. The first-order chi connectivity index (χ1) is 10.4. The lowest BCUT2D eigenvalue weighted by atomic mass is 10.2. The summed E-state index contributed by atoms with van der Waals surface area (Å²) in [4.78, 5) is 24.4. The highest BCUT2D eigenvalue weighted by Crippen LogP contribution is 2.27. The van der Waals surface area contributed by atoms with Crippen LogP contribution in [0.4, 0.5) is 31.5 Å². The number of carbonyl (C=O) groups excluding carboxylic acids is 1. The van der Waals surface area contributed by atoms with Crippen molar-refractivity contribution in [3.05, 3.63) is 10.6 Å². The largest absolute Gasteiger partial charge is 0.490 e. The molecule has 0 fully saturated rings. The molecule has 0 atom stereocenters.